The molecule has 4 aromatic rings. The molecule has 22 heavy (non-hydrogen) atoms. The maximum atomic E-state index is 3.46. The Labute approximate surface area is 129 Å². The van der Waals surface area contributed by atoms with Crippen molar-refractivity contribution in [3.63, 3.8) is 0 Å². The fourth-order valence-electron chi connectivity index (χ4n) is 3.64. The van der Waals surface area contributed by atoms with Crippen LogP contribution in [0.5, 0.6) is 0 Å². The quantitative estimate of drug-likeness (QED) is 0.407. The summed E-state index contributed by atoms with van der Waals surface area (Å²) in [6, 6.07) is 29.1. The Morgan fingerprint density at radius 1 is 0.818 bits per heavy atom. The normalized spacial score (nSPS) is 12.4. The lowest BCUT2D eigenvalue weighted by atomic mass is 10.0. The van der Waals surface area contributed by atoms with Gasteiger partial charge in [0.05, 0.1) is 5.52 Å². The fourth-order valence-corrected chi connectivity index (χ4v) is 3.64. The standard InChI is InChI=1S/C21H14N/c1-2-9-16(10-3-1)22-19-13-7-6-12-18(19)21-17-11-5-4-8-15(17)14-20(21)22/h1-11,13H,14H2. The van der Waals surface area contributed by atoms with Gasteiger partial charge in [-0.1, -0.05) is 54.6 Å². The third kappa shape index (κ3) is 1.48. The lowest BCUT2D eigenvalue weighted by Gasteiger charge is -2.09. The highest BCUT2D eigenvalue weighted by Gasteiger charge is 2.26. The number of para-hydroxylation sites is 1. The largest absolute Gasteiger partial charge is 0.313 e. The number of rotatable bonds is 1. The van der Waals surface area contributed by atoms with E-state index in [1.165, 1.54) is 39.0 Å². The van der Waals surface area contributed by atoms with Gasteiger partial charge in [0.15, 0.2) is 0 Å². The third-order valence-corrected chi connectivity index (χ3v) is 4.54. The Bertz CT molecular complexity index is 978. The SMILES string of the molecule is [c]1cccc2c1c1c(n2-c2ccccc2)Cc2ccccc2-1. The Hall–Kier alpha value is -2.80. The van der Waals surface area contributed by atoms with Crippen molar-refractivity contribution >= 4 is 10.9 Å². The maximum Gasteiger partial charge on any atom is 0.0544 e. The number of aromatic nitrogens is 1. The zero-order valence-electron chi connectivity index (χ0n) is 12.1. The topological polar surface area (TPSA) is 4.93 Å². The highest BCUT2D eigenvalue weighted by atomic mass is 15.0. The zero-order valence-corrected chi connectivity index (χ0v) is 12.1. The first-order valence-electron chi connectivity index (χ1n) is 7.61. The second-order valence-corrected chi connectivity index (χ2v) is 5.76. The van der Waals surface area contributed by atoms with Crippen molar-refractivity contribution in [3.05, 3.63) is 90.1 Å². The van der Waals surface area contributed by atoms with Gasteiger partial charge in [-0.25, -0.2) is 0 Å². The molecule has 0 atom stereocenters. The Balaban J connectivity index is 1.93. The van der Waals surface area contributed by atoms with Gasteiger partial charge in [0.2, 0.25) is 0 Å². The second-order valence-electron chi connectivity index (χ2n) is 5.76. The molecular weight excluding hydrogens is 266 g/mol. The molecule has 0 amide bonds. The van der Waals surface area contributed by atoms with Crippen LogP contribution >= 0.6 is 0 Å². The molecular formula is C21H14N. The van der Waals surface area contributed by atoms with Crippen LogP contribution in [-0.2, 0) is 6.42 Å². The maximum absolute atomic E-state index is 3.46. The summed E-state index contributed by atoms with van der Waals surface area (Å²) in [4.78, 5) is 0. The molecule has 1 heterocycles. The van der Waals surface area contributed by atoms with Crippen LogP contribution in [0.3, 0.4) is 0 Å². The van der Waals surface area contributed by atoms with Gasteiger partial charge in [-0.2, -0.15) is 0 Å². The van der Waals surface area contributed by atoms with E-state index in [1.807, 2.05) is 6.07 Å². The van der Waals surface area contributed by atoms with E-state index in [0.717, 1.165) is 6.42 Å². The highest BCUT2D eigenvalue weighted by molar-refractivity contribution is 6.01. The van der Waals surface area contributed by atoms with E-state index in [1.54, 1.807) is 0 Å². The van der Waals surface area contributed by atoms with E-state index >= 15 is 0 Å². The van der Waals surface area contributed by atoms with Gasteiger partial charge in [-0.05, 0) is 35.4 Å². The predicted molar refractivity (Wildman–Crippen MR) is 90.4 cm³/mol. The molecule has 0 N–H and O–H groups in total. The van der Waals surface area contributed by atoms with Crippen LogP contribution < -0.4 is 0 Å². The highest BCUT2D eigenvalue weighted by Crippen LogP contribution is 2.44. The molecule has 0 aliphatic heterocycles. The fraction of sp³-hybridized carbons (Fsp3) is 0.0476. The molecule has 1 nitrogen and oxygen atoms in total. The van der Waals surface area contributed by atoms with Crippen molar-refractivity contribution in [3.8, 4) is 16.8 Å². The molecule has 0 spiro atoms. The molecule has 103 valence electrons. The average molecular weight is 280 g/mol. The molecule has 0 bridgehead atoms. The molecule has 1 radical (unpaired) electrons. The molecule has 0 saturated carbocycles. The van der Waals surface area contributed by atoms with Crippen molar-refractivity contribution in [2.45, 2.75) is 6.42 Å². The molecule has 5 rings (SSSR count). The van der Waals surface area contributed by atoms with Gasteiger partial charge in [0, 0.05) is 28.8 Å². The summed E-state index contributed by atoms with van der Waals surface area (Å²) >= 11 is 0. The number of hydrogen-bond acceptors (Lipinski definition) is 0. The van der Waals surface area contributed by atoms with Gasteiger partial charge < -0.3 is 4.57 Å². The zero-order chi connectivity index (χ0) is 14.5. The molecule has 1 aliphatic carbocycles. The number of nitrogens with zero attached hydrogens (tertiary/aromatic N) is 1. The predicted octanol–water partition coefficient (Wildman–Crippen LogP) is 5.00. The van der Waals surface area contributed by atoms with Crippen molar-refractivity contribution < 1.29 is 0 Å². The summed E-state index contributed by atoms with van der Waals surface area (Å²) in [5, 5.41) is 1.23. The van der Waals surface area contributed by atoms with Crippen LogP contribution in [0.15, 0.2) is 72.8 Å². The average Bonchev–Trinajstić information content (AvgIpc) is 3.10. The summed E-state index contributed by atoms with van der Waals surface area (Å²) in [5.74, 6) is 0. The minimum Gasteiger partial charge on any atom is -0.313 e. The van der Waals surface area contributed by atoms with E-state index in [2.05, 4.69) is 77.4 Å². The van der Waals surface area contributed by atoms with Crippen molar-refractivity contribution in [1.29, 1.82) is 0 Å². The van der Waals surface area contributed by atoms with Crippen molar-refractivity contribution in [2.75, 3.05) is 0 Å². The smallest absolute Gasteiger partial charge is 0.0544 e. The molecule has 1 heteroatoms. The summed E-state index contributed by atoms with van der Waals surface area (Å²) in [6.45, 7) is 0. The first-order valence-corrected chi connectivity index (χ1v) is 7.61. The van der Waals surface area contributed by atoms with E-state index in [0.29, 0.717) is 0 Å². The number of hydrogen-bond donors (Lipinski definition) is 0. The third-order valence-electron chi connectivity index (χ3n) is 4.54. The Kier molecular flexibility index (Phi) is 2.33. The van der Waals surface area contributed by atoms with Crippen LogP contribution in [0.1, 0.15) is 11.3 Å². The molecule has 0 fully saturated rings. The summed E-state index contributed by atoms with van der Waals surface area (Å²) in [7, 11) is 0. The van der Waals surface area contributed by atoms with Crippen LogP contribution in [0.25, 0.3) is 27.7 Å². The van der Waals surface area contributed by atoms with Crippen LogP contribution in [0.2, 0.25) is 0 Å². The van der Waals surface area contributed by atoms with Crippen LogP contribution in [-0.4, -0.2) is 4.57 Å². The number of benzene rings is 3. The van der Waals surface area contributed by atoms with Crippen LogP contribution in [0.4, 0.5) is 0 Å². The van der Waals surface area contributed by atoms with Gasteiger partial charge >= 0.3 is 0 Å². The Morgan fingerprint density at radius 2 is 1.64 bits per heavy atom. The minimum absolute atomic E-state index is 0.989. The number of fused-ring (bicyclic) bond motifs is 5. The van der Waals surface area contributed by atoms with Crippen molar-refractivity contribution in [2.24, 2.45) is 0 Å². The lowest BCUT2D eigenvalue weighted by molar-refractivity contribution is 1.01. The van der Waals surface area contributed by atoms with E-state index in [4.69, 9.17) is 0 Å². The minimum atomic E-state index is 0.989. The molecule has 0 unspecified atom stereocenters. The van der Waals surface area contributed by atoms with E-state index in [9.17, 15) is 0 Å². The van der Waals surface area contributed by atoms with E-state index < -0.39 is 0 Å². The first kappa shape index (κ1) is 11.8. The van der Waals surface area contributed by atoms with Gasteiger partial charge in [0.25, 0.3) is 0 Å². The molecule has 1 aromatic heterocycles. The summed E-state index contributed by atoms with van der Waals surface area (Å²) in [5.41, 5.74) is 7.98. The molecule has 3 aromatic carbocycles. The van der Waals surface area contributed by atoms with Gasteiger partial charge in [-0.3, -0.25) is 0 Å². The molecule has 1 aliphatic rings. The van der Waals surface area contributed by atoms with Crippen LogP contribution in [0, 0.1) is 6.07 Å². The lowest BCUT2D eigenvalue weighted by Crippen LogP contribution is -1.98. The van der Waals surface area contributed by atoms with Gasteiger partial charge in [-0.15, -0.1) is 0 Å². The molecule has 0 saturated heterocycles. The summed E-state index contributed by atoms with van der Waals surface area (Å²) < 4.78 is 2.39. The van der Waals surface area contributed by atoms with Crippen molar-refractivity contribution in [1.82, 2.24) is 4.57 Å². The second kappa shape index (κ2) is 4.35. The Morgan fingerprint density at radius 3 is 2.55 bits per heavy atom. The first-order chi connectivity index (χ1) is 10.9. The van der Waals surface area contributed by atoms with E-state index in [-0.39, 0.29) is 0 Å². The van der Waals surface area contributed by atoms with Gasteiger partial charge in [0.1, 0.15) is 0 Å². The summed E-state index contributed by atoms with van der Waals surface area (Å²) in [6.07, 6.45) is 0.989. The monoisotopic (exact) mass is 280 g/mol.